The third-order valence-corrected chi connectivity index (χ3v) is 8.37. The van der Waals surface area contributed by atoms with E-state index in [-0.39, 0.29) is 50.5 Å². The Hall–Kier alpha value is -3.83. The summed E-state index contributed by atoms with van der Waals surface area (Å²) in [6.45, 7) is 2.93. The minimum Gasteiger partial charge on any atom is -0.458 e. The molecule has 0 saturated heterocycles. The lowest BCUT2D eigenvalue weighted by Crippen LogP contribution is -2.44. The van der Waals surface area contributed by atoms with Gasteiger partial charge in [-0.15, -0.1) is 0 Å². The van der Waals surface area contributed by atoms with E-state index in [0.717, 1.165) is 5.56 Å². The monoisotopic (exact) mass is 535 g/mol. The normalized spacial score (nSPS) is 22.6. The topological polar surface area (TPSA) is 160 Å². The number of pyridine rings is 2. The van der Waals surface area contributed by atoms with Crippen molar-refractivity contribution in [2.75, 3.05) is 19.8 Å². The van der Waals surface area contributed by atoms with E-state index in [4.69, 9.17) is 14.5 Å². The van der Waals surface area contributed by atoms with Gasteiger partial charge in [-0.1, -0.05) is 12.0 Å². The smallest absolute Gasteiger partial charge is 0.343 e. The summed E-state index contributed by atoms with van der Waals surface area (Å²) in [4.78, 5) is 34.2. The molecule has 2 aliphatic heterocycles. The van der Waals surface area contributed by atoms with E-state index in [9.17, 15) is 25.3 Å². The predicted molar refractivity (Wildman–Crippen MR) is 136 cm³/mol. The molecule has 6 rings (SSSR count). The zero-order valence-electron chi connectivity index (χ0n) is 21.5. The number of carbonyl (C=O) groups excluding carboxylic acids is 1. The van der Waals surface area contributed by atoms with Gasteiger partial charge in [0.1, 0.15) is 12.4 Å². The number of esters is 1. The molecule has 0 amide bonds. The standard InChI is InChI=1S/C27H26FN5O6/c1-3-27(37)17-8-20-23-15(10-33(20)24(35)16(17)11-39-25(27)36)22-21-14(13(2)18(28)9-19(21)30-23)4-5-26(22,31-32-29)12-38-7-6-34/h8-9,34,37H,3-7,10-12H2,1-2H3/t26?,27-/m0/s1. The molecule has 3 aromatic rings. The number of halogens is 1. The molecule has 12 heteroatoms. The Bertz CT molecular complexity index is 1700. The van der Waals surface area contributed by atoms with Crippen LogP contribution in [-0.2, 0) is 45.0 Å². The van der Waals surface area contributed by atoms with Gasteiger partial charge in [0.2, 0.25) is 0 Å². The molecule has 1 unspecified atom stereocenters. The molecule has 2 N–H and O–H groups in total. The average Bonchev–Trinajstić information content (AvgIpc) is 3.29. The van der Waals surface area contributed by atoms with Gasteiger partial charge in [0.15, 0.2) is 5.60 Å². The Labute approximate surface area is 221 Å². The van der Waals surface area contributed by atoms with Crippen molar-refractivity contribution in [3.63, 3.8) is 0 Å². The summed E-state index contributed by atoms with van der Waals surface area (Å²) in [5.41, 5.74) is 9.91. The van der Waals surface area contributed by atoms with Crippen LogP contribution in [0.15, 0.2) is 22.0 Å². The molecular formula is C27H26FN5O6. The van der Waals surface area contributed by atoms with Gasteiger partial charge < -0.3 is 24.3 Å². The molecular weight excluding hydrogens is 509 g/mol. The van der Waals surface area contributed by atoms with Crippen LogP contribution in [-0.4, -0.2) is 45.6 Å². The van der Waals surface area contributed by atoms with Crippen molar-refractivity contribution >= 4 is 16.9 Å². The lowest BCUT2D eigenvalue weighted by molar-refractivity contribution is -0.172. The second-order valence-electron chi connectivity index (χ2n) is 10.3. The first-order chi connectivity index (χ1) is 18.7. The highest BCUT2D eigenvalue weighted by Gasteiger charge is 2.47. The lowest BCUT2D eigenvalue weighted by Gasteiger charge is -2.36. The molecule has 2 atom stereocenters. The largest absolute Gasteiger partial charge is 0.458 e. The van der Waals surface area contributed by atoms with Crippen molar-refractivity contribution in [1.82, 2.24) is 9.55 Å². The van der Waals surface area contributed by atoms with Crippen molar-refractivity contribution in [3.8, 4) is 11.4 Å². The fraction of sp³-hybridized carbons (Fsp3) is 0.444. The van der Waals surface area contributed by atoms with Crippen LogP contribution in [0.3, 0.4) is 0 Å². The molecule has 3 aliphatic rings. The number of hydrogen-bond donors (Lipinski definition) is 2. The Morgan fingerprint density at radius 2 is 2.10 bits per heavy atom. The van der Waals surface area contributed by atoms with Crippen molar-refractivity contribution in [2.45, 2.75) is 57.4 Å². The Kier molecular flexibility index (Phi) is 5.78. The number of aliphatic hydroxyl groups excluding tert-OH is 1. The van der Waals surface area contributed by atoms with E-state index in [2.05, 4.69) is 10.0 Å². The number of carbonyl (C=O) groups is 1. The van der Waals surface area contributed by atoms with Gasteiger partial charge in [-0.25, -0.2) is 14.2 Å². The van der Waals surface area contributed by atoms with Crippen LogP contribution in [0, 0.1) is 12.7 Å². The van der Waals surface area contributed by atoms with Crippen molar-refractivity contribution in [2.24, 2.45) is 5.11 Å². The number of cyclic esters (lactones) is 1. The summed E-state index contributed by atoms with van der Waals surface area (Å²) in [5.74, 6) is -1.25. The maximum atomic E-state index is 15.1. The highest BCUT2D eigenvalue weighted by Crippen LogP contribution is 2.49. The fourth-order valence-electron chi connectivity index (χ4n) is 6.33. The molecule has 4 heterocycles. The van der Waals surface area contributed by atoms with Gasteiger partial charge in [-0.05, 0) is 54.5 Å². The van der Waals surface area contributed by atoms with E-state index >= 15 is 4.39 Å². The summed E-state index contributed by atoms with van der Waals surface area (Å²) >= 11 is 0. The van der Waals surface area contributed by atoms with Crippen LogP contribution in [0.5, 0.6) is 0 Å². The molecule has 1 aliphatic carbocycles. The third kappa shape index (κ3) is 3.39. The first-order valence-corrected chi connectivity index (χ1v) is 12.8. The van der Waals surface area contributed by atoms with E-state index in [0.29, 0.717) is 51.8 Å². The second-order valence-corrected chi connectivity index (χ2v) is 10.3. The number of hydrogen-bond acceptors (Lipinski definition) is 8. The van der Waals surface area contributed by atoms with Gasteiger partial charge in [-0.2, -0.15) is 0 Å². The number of benzene rings is 1. The number of aliphatic hydroxyl groups is 2. The average molecular weight is 536 g/mol. The van der Waals surface area contributed by atoms with Crippen LogP contribution in [0.2, 0.25) is 0 Å². The van der Waals surface area contributed by atoms with Crippen LogP contribution < -0.4 is 5.56 Å². The Balaban J connectivity index is 1.70. The zero-order chi connectivity index (χ0) is 27.7. The van der Waals surface area contributed by atoms with Crippen LogP contribution in [0.4, 0.5) is 4.39 Å². The molecule has 2 aromatic heterocycles. The Morgan fingerprint density at radius 3 is 2.82 bits per heavy atom. The van der Waals surface area contributed by atoms with Crippen molar-refractivity contribution in [1.29, 1.82) is 0 Å². The van der Waals surface area contributed by atoms with E-state index < -0.39 is 28.5 Å². The van der Waals surface area contributed by atoms with Crippen molar-refractivity contribution in [3.05, 3.63) is 72.1 Å². The minimum atomic E-state index is -1.99. The molecule has 202 valence electrons. The third-order valence-electron chi connectivity index (χ3n) is 8.37. The maximum absolute atomic E-state index is 15.1. The Morgan fingerprint density at radius 1 is 1.31 bits per heavy atom. The maximum Gasteiger partial charge on any atom is 0.343 e. The molecule has 0 fully saturated rings. The molecule has 0 bridgehead atoms. The summed E-state index contributed by atoms with van der Waals surface area (Å²) in [7, 11) is 0. The quantitative estimate of drug-likeness (QED) is 0.126. The molecule has 0 spiro atoms. The highest BCUT2D eigenvalue weighted by atomic mass is 19.1. The number of azide groups is 1. The van der Waals surface area contributed by atoms with Gasteiger partial charge >= 0.3 is 5.97 Å². The minimum absolute atomic E-state index is 0.00101. The highest BCUT2D eigenvalue weighted by molar-refractivity contribution is 5.94. The van der Waals surface area contributed by atoms with E-state index in [1.165, 1.54) is 10.6 Å². The zero-order valence-corrected chi connectivity index (χ0v) is 21.5. The summed E-state index contributed by atoms with van der Waals surface area (Å²) in [5, 5.41) is 25.4. The van der Waals surface area contributed by atoms with Gasteiger partial charge in [0.05, 0.1) is 54.4 Å². The molecule has 0 saturated carbocycles. The first-order valence-electron chi connectivity index (χ1n) is 12.8. The van der Waals surface area contributed by atoms with Crippen molar-refractivity contribution < 1.29 is 28.9 Å². The van der Waals surface area contributed by atoms with E-state index in [1.54, 1.807) is 19.9 Å². The van der Waals surface area contributed by atoms with Crippen LogP contribution in [0.1, 0.15) is 53.1 Å². The second kappa shape index (κ2) is 8.85. The number of aryl methyl sites for hydroxylation is 1. The number of fused-ring (bicyclic) bond motifs is 5. The van der Waals surface area contributed by atoms with Gasteiger partial charge in [0.25, 0.3) is 5.56 Å². The SMILES string of the molecule is CC[C@@]1(O)C(=O)OCc2c1cc1n(c2=O)Cc2c-1nc1cc(F)c(C)c3c1c2C(COCCO)(N=[N+]=[N-])CC3. The lowest BCUT2D eigenvalue weighted by atomic mass is 9.74. The summed E-state index contributed by atoms with van der Waals surface area (Å²) in [6, 6.07) is 2.92. The van der Waals surface area contributed by atoms with Gasteiger partial charge in [0, 0.05) is 27.5 Å². The summed E-state index contributed by atoms with van der Waals surface area (Å²) < 4.78 is 27.4. The van der Waals surface area contributed by atoms with Gasteiger partial charge in [-0.3, -0.25) is 4.79 Å². The van der Waals surface area contributed by atoms with Crippen LogP contribution >= 0.6 is 0 Å². The molecule has 1 aromatic carbocycles. The number of nitrogens with zero attached hydrogens (tertiary/aromatic N) is 5. The first kappa shape index (κ1) is 25.4. The predicted octanol–water partition coefficient (Wildman–Crippen LogP) is 2.99. The molecule has 0 radical (unpaired) electrons. The van der Waals surface area contributed by atoms with Crippen LogP contribution in [0.25, 0.3) is 32.7 Å². The molecule has 39 heavy (non-hydrogen) atoms. The number of ether oxygens (including phenoxy) is 2. The van der Waals surface area contributed by atoms with E-state index in [1.807, 2.05) is 0 Å². The number of aromatic nitrogens is 2. The fourth-order valence-corrected chi connectivity index (χ4v) is 6.33. The summed E-state index contributed by atoms with van der Waals surface area (Å²) in [6.07, 6.45) is 0.741. The number of rotatable bonds is 6. The molecule has 11 nitrogen and oxygen atoms in total.